The van der Waals surface area contributed by atoms with Crippen molar-refractivity contribution in [3.05, 3.63) is 91.0 Å². The van der Waals surface area contributed by atoms with Crippen molar-refractivity contribution >= 4 is 0 Å². The van der Waals surface area contributed by atoms with E-state index in [4.69, 9.17) is 4.74 Å². The fourth-order valence-corrected chi connectivity index (χ4v) is 2.51. The van der Waals surface area contributed by atoms with Gasteiger partial charge in [0.05, 0.1) is 5.69 Å². The Bertz CT molecular complexity index is 919. The number of hydrogen-bond acceptors (Lipinski definition) is 3. The van der Waals surface area contributed by atoms with Gasteiger partial charge < -0.3 is 4.74 Å². The smallest absolute Gasteiger partial charge is 0.327 e. The number of benzene rings is 3. The lowest BCUT2D eigenvalue weighted by molar-refractivity contribution is 0.432. The lowest BCUT2D eigenvalue weighted by Crippen LogP contribution is -2.00. The number of ether oxygens (including phenoxy) is 1. The van der Waals surface area contributed by atoms with Crippen molar-refractivity contribution in [3.63, 3.8) is 0 Å². The van der Waals surface area contributed by atoms with Gasteiger partial charge >= 0.3 is 6.01 Å². The molecule has 1 heterocycles. The predicted octanol–water partition coefficient (Wildman–Crippen LogP) is 4.73. The highest BCUT2D eigenvalue weighted by Gasteiger charge is 2.17. The van der Waals surface area contributed by atoms with Crippen LogP contribution in [-0.2, 0) is 0 Å². The van der Waals surface area contributed by atoms with Gasteiger partial charge in [0.15, 0.2) is 5.82 Å². The Balaban J connectivity index is 1.84. The maximum absolute atomic E-state index is 5.96. The molecule has 3 aromatic carbocycles. The number of rotatable bonds is 4. The van der Waals surface area contributed by atoms with Gasteiger partial charge in [-0.15, -0.1) is 5.10 Å². The van der Waals surface area contributed by atoms with Crippen LogP contribution in [0.5, 0.6) is 11.8 Å². The topological polar surface area (TPSA) is 39.9 Å². The normalized spacial score (nSPS) is 10.5. The minimum atomic E-state index is 0.436. The summed E-state index contributed by atoms with van der Waals surface area (Å²) in [6.45, 7) is 0. The molecule has 0 fully saturated rings. The highest BCUT2D eigenvalue weighted by molar-refractivity contribution is 5.59. The molecular formula is C20H15N3O. The lowest BCUT2D eigenvalue weighted by Gasteiger charge is -2.10. The van der Waals surface area contributed by atoms with Crippen molar-refractivity contribution in [2.24, 2.45) is 0 Å². The first-order valence-electron chi connectivity index (χ1n) is 7.71. The molecule has 0 N–H and O–H groups in total. The average Bonchev–Trinajstić information content (AvgIpc) is 3.07. The van der Waals surface area contributed by atoms with E-state index in [9.17, 15) is 0 Å². The fourth-order valence-electron chi connectivity index (χ4n) is 2.51. The van der Waals surface area contributed by atoms with E-state index in [1.165, 1.54) is 0 Å². The lowest BCUT2D eigenvalue weighted by atomic mass is 10.2. The summed E-state index contributed by atoms with van der Waals surface area (Å²) >= 11 is 0. The molecule has 4 nitrogen and oxygen atoms in total. The van der Waals surface area contributed by atoms with Crippen LogP contribution in [0.2, 0.25) is 0 Å². The third-order valence-electron chi connectivity index (χ3n) is 3.63. The fraction of sp³-hybridized carbons (Fsp3) is 0. The summed E-state index contributed by atoms with van der Waals surface area (Å²) in [5.41, 5.74) is 1.93. The molecule has 0 spiro atoms. The molecule has 0 saturated heterocycles. The number of hydrogen-bond donors (Lipinski definition) is 0. The van der Waals surface area contributed by atoms with E-state index in [-0.39, 0.29) is 0 Å². The molecule has 4 rings (SSSR count). The summed E-state index contributed by atoms with van der Waals surface area (Å²) in [7, 11) is 0. The molecule has 0 amide bonds. The molecule has 0 saturated carbocycles. The average molecular weight is 313 g/mol. The molecule has 1 aromatic heterocycles. The zero-order chi connectivity index (χ0) is 16.2. The zero-order valence-corrected chi connectivity index (χ0v) is 12.9. The van der Waals surface area contributed by atoms with Crippen LogP contribution in [0.25, 0.3) is 17.1 Å². The predicted molar refractivity (Wildman–Crippen MR) is 93.3 cm³/mol. The standard InChI is InChI=1S/C20H15N3O/c1-4-10-16(11-5-1)19-21-22-20(24-18-14-8-3-9-15-18)23(19)17-12-6-2-7-13-17/h1-15H. The minimum absolute atomic E-state index is 0.436. The van der Waals surface area contributed by atoms with E-state index in [0.717, 1.165) is 22.8 Å². The number of nitrogens with zero attached hydrogens (tertiary/aromatic N) is 3. The van der Waals surface area contributed by atoms with E-state index in [2.05, 4.69) is 10.2 Å². The summed E-state index contributed by atoms with van der Waals surface area (Å²) in [4.78, 5) is 0. The van der Waals surface area contributed by atoms with Crippen LogP contribution >= 0.6 is 0 Å². The highest BCUT2D eigenvalue weighted by atomic mass is 16.5. The van der Waals surface area contributed by atoms with Gasteiger partial charge in [0.25, 0.3) is 0 Å². The summed E-state index contributed by atoms with van der Waals surface area (Å²) in [5.74, 6) is 1.47. The van der Waals surface area contributed by atoms with Crippen molar-refractivity contribution < 1.29 is 4.74 Å². The second-order valence-electron chi connectivity index (χ2n) is 5.26. The third-order valence-corrected chi connectivity index (χ3v) is 3.63. The quantitative estimate of drug-likeness (QED) is 0.547. The summed E-state index contributed by atoms with van der Waals surface area (Å²) in [6, 6.07) is 30.0. The van der Waals surface area contributed by atoms with E-state index in [0.29, 0.717) is 6.01 Å². The Labute approximate surface area is 140 Å². The van der Waals surface area contributed by atoms with Gasteiger partial charge in [0.2, 0.25) is 0 Å². The van der Waals surface area contributed by atoms with Gasteiger partial charge in [-0.2, -0.15) is 0 Å². The van der Waals surface area contributed by atoms with Crippen molar-refractivity contribution in [2.45, 2.75) is 0 Å². The summed E-state index contributed by atoms with van der Waals surface area (Å²) < 4.78 is 7.87. The maximum atomic E-state index is 5.96. The summed E-state index contributed by atoms with van der Waals surface area (Å²) in [5, 5.41) is 8.60. The van der Waals surface area contributed by atoms with Crippen LogP contribution in [0.1, 0.15) is 0 Å². The molecule has 0 aliphatic rings. The maximum Gasteiger partial charge on any atom is 0.327 e. The molecule has 4 heteroatoms. The van der Waals surface area contributed by atoms with E-state index in [1.54, 1.807) is 0 Å². The van der Waals surface area contributed by atoms with Gasteiger partial charge in [0, 0.05) is 5.56 Å². The van der Waals surface area contributed by atoms with Crippen LogP contribution in [0, 0.1) is 0 Å². The Kier molecular flexibility index (Phi) is 3.78. The Morgan fingerprint density at radius 3 is 1.88 bits per heavy atom. The number of aromatic nitrogens is 3. The van der Waals surface area contributed by atoms with Crippen LogP contribution in [0.3, 0.4) is 0 Å². The molecule has 24 heavy (non-hydrogen) atoms. The Morgan fingerprint density at radius 1 is 0.625 bits per heavy atom. The Hall–Kier alpha value is -3.40. The van der Waals surface area contributed by atoms with Crippen molar-refractivity contribution in [3.8, 4) is 28.8 Å². The van der Waals surface area contributed by atoms with Crippen molar-refractivity contribution in [1.82, 2.24) is 14.8 Å². The molecule has 116 valence electrons. The molecule has 0 atom stereocenters. The van der Waals surface area contributed by atoms with Crippen LogP contribution < -0.4 is 4.74 Å². The van der Waals surface area contributed by atoms with Crippen LogP contribution in [0.4, 0.5) is 0 Å². The molecule has 0 aliphatic carbocycles. The number of para-hydroxylation sites is 2. The molecule has 4 aromatic rings. The van der Waals surface area contributed by atoms with E-state index in [1.807, 2.05) is 95.6 Å². The first-order valence-corrected chi connectivity index (χ1v) is 7.71. The Morgan fingerprint density at radius 2 is 1.21 bits per heavy atom. The van der Waals surface area contributed by atoms with Gasteiger partial charge in [-0.3, -0.25) is 0 Å². The van der Waals surface area contributed by atoms with Gasteiger partial charge in [-0.25, -0.2) is 4.57 Å². The van der Waals surface area contributed by atoms with Crippen LogP contribution in [-0.4, -0.2) is 14.8 Å². The SMILES string of the molecule is c1ccc(Oc2nnc(-c3ccccc3)n2-c2ccccc2)cc1. The van der Waals surface area contributed by atoms with Crippen molar-refractivity contribution in [2.75, 3.05) is 0 Å². The first kappa shape index (κ1) is 14.2. The zero-order valence-electron chi connectivity index (χ0n) is 12.9. The molecular weight excluding hydrogens is 298 g/mol. The molecule has 0 bridgehead atoms. The second-order valence-corrected chi connectivity index (χ2v) is 5.26. The van der Waals surface area contributed by atoms with E-state index >= 15 is 0 Å². The minimum Gasteiger partial charge on any atom is -0.424 e. The van der Waals surface area contributed by atoms with Crippen LogP contribution in [0.15, 0.2) is 91.0 Å². The highest BCUT2D eigenvalue weighted by Crippen LogP contribution is 2.28. The monoisotopic (exact) mass is 313 g/mol. The third kappa shape index (κ3) is 2.77. The van der Waals surface area contributed by atoms with Crippen molar-refractivity contribution in [1.29, 1.82) is 0 Å². The first-order chi connectivity index (χ1) is 11.9. The molecule has 0 radical (unpaired) electrons. The van der Waals surface area contributed by atoms with Gasteiger partial charge in [-0.1, -0.05) is 71.8 Å². The van der Waals surface area contributed by atoms with Gasteiger partial charge in [-0.05, 0) is 24.3 Å². The van der Waals surface area contributed by atoms with Gasteiger partial charge in [0.1, 0.15) is 5.75 Å². The summed E-state index contributed by atoms with van der Waals surface area (Å²) in [6.07, 6.45) is 0. The second kappa shape index (κ2) is 6.38. The molecule has 0 unspecified atom stereocenters. The molecule has 0 aliphatic heterocycles. The largest absolute Gasteiger partial charge is 0.424 e. The van der Waals surface area contributed by atoms with E-state index < -0.39 is 0 Å².